The molecule has 0 radical (unpaired) electrons. The maximum absolute atomic E-state index is 8.64. The van der Waals surface area contributed by atoms with Gasteiger partial charge in [0, 0.05) is 32.7 Å². The molecule has 0 bridgehead atoms. The smallest absolute Gasteiger partial charge is 0.506 e. The first kappa shape index (κ1) is 39.0. The SMILES string of the molecule is CCCCCCCCCCCCCCCCCC[N+]1(CC[Si](OCC)(OCC)OCC)CCCC1.[O-]B(O)O. The van der Waals surface area contributed by atoms with Crippen LogP contribution in [-0.4, -0.2) is 76.7 Å². The fourth-order valence-electron chi connectivity index (χ4n) is 5.94. The second kappa shape index (κ2) is 26.9. The summed E-state index contributed by atoms with van der Waals surface area (Å²) in [5.41, 5.74) is 0. The number of likely N-dealkylation sites (tertiary alicyclic amines) is 1. The van der Waals surface area contributed by atoms with Crippen LogP contribution in [0, 0.1) is 0 Å². The number of rotatable bonds is 26. The zero-order valence-electron chi connectivity index (χ0n) is 26.4. The van der Waals surface area contributed by atoms with Crippen molar-refractivity contribution in [1.82, 2.24) is 0 Å². The largest absolute Gasteiger partial charge is 0.832 e. The van der Waals surface area contributed by atoms with Crippen LogP contribution in [-0.2, 0) is 13.3 Å². The van der Waals surface area contributed by atoms with Crippen LogP contribution in [0.4, 0.5) is 0 Å². The second-order valence-corrected chi connectivity index (χ2v) is 14.0. The predicted molar refractivity (Wildman–Crippen MR) is 164 cm³/mol. The fraction of sp³-hybridized carbons (Fsp3) is 1.00. The highest BCUT2D eigenvalue weighted by Gasteiger charge is 2.44. The Labute approximate surface area is 244 Å². The summed E-state index contributed by atoms with van der Waals surface area (Å²) in [7, 11) is -4.93. The Morgan fingerprint density at radius 1 is 0.590 bits per heavy atom. The molecular weight excluding hydrogens is 509 g/mol. The van der Waals surface area contributed by atoms with Gasteiger partial charge in [-0.25, -0.2) is 0 Å². The molecule has 0 aromatic rings. The predicted octanol–water partition coefficient (Wildman–Crippen LogP) is 6.22. The molecule has 2 N–H and O–H groups in total. The van der Waals surface area contributed by atoms with Crippen molar-refractivity contribution in [3.05, 3.63) is 0 Å². The molecule has 1 rings (SSSR count). The summed E-state index contributed by atoms with van der Waals surface area (Å²) in [6.45, 7) is 15.8. The average molecular weight is 576 g/mol. The van der Waals surface area contributed by atoms with E-state index in [9.17, 15) is 0 Å². The van der Waals surface area contributed by atoms with Gasteiger partial charge >= 0.3 is 16.1 Å². The van der Waals surface area contributed by atoms with Crippen molar-refractivity contribution in [1.29, 1.82) is 0 Å². The summed E-state index contributed by atoms with van der Waals surface area (Å²) >= 11 is 0. The molecular formula is C30H66BNO6Si. The van der Waals surface area contributed by atoms with Gasteiger partial charge in [0.1, 0.15) is 0 Å². The van der Waals surface area contributed by atoms with Crippen molar-refractivity contribution in [2.75, 3.05) is 46.0 Å². The van der Waals surface area contributed by atoms with E-state index in [0.29, 0.717) is 19.8 Å². The first-order valence-electron chi connectivity index (χ1n) is 16.7. The van der Waals surface area contributed by atoms with Gasteiger partial charge in [0.15, 0.2) is 0 Å². The summed E-state index contributed by atoms with van der Waals surface area (Å²) in [5, 5.41) is 22.8. The maximum atomic E-state index is 8.64. The lowest BCUT2D eigenvalue weighted by atomic mass is 10.0. The zero-order valence-corrected chi connectivity index (χ0v) is 27.4. The minimum Gasteiger partial charge on any atom is -0.832 e. The van der Waals surface area contributed by atoms with Crippen LogP contribution >= 0.6 is 0 Å². The van der Waals surface area contributed by atoms with Crippen molar-refractivity contribution in [2.24, 2.45) is 0 Å². The number of quaternary nitrogens is 1. The van der Waals surface area contributed by atoms with Gasteiger partial charge in [0.25, 0.3) is 0 Å². The molecule has 0 aliphatic carbocycles. The minimum absolute atomic E-state index is 0.686. The highest BCUT2D eigenvalue weighted by atomic mass is 28.4. The molecule has 1 aliphatic rings. The van der Waals surface area contributed by atoms with Crippen LogP contribution in [0.5, 0.6) is 0 Å². The normalized spacial score (nSPS) is 14.8. The Hall–Kier alpha value is 0.00182. The molecule has 1 fully saturated rings. The van der Waals surface area contributed by atoms with Crippen molar-refractivity contribution in [3.8, 4) is 0 Å². The molecule has 1 aliphatic heterocycles. The van der Waals surface area contributed by atoms with Gasteiger partial charge in [0.2, 0.25) is 0 Å². The van der Waals surface area contributed by atoms with Crippen LogP contribution in [0.2, 0.25) is 6.04 Å². The van der Waals surface area contributed by atoms with E-state index < -0.39 is 16.1 Å². The third kappa shape index (κ3) is 22.3. The number of unbranched alkanes of at least 4 members (excludes halogenated alkanes) is 15. The Kier molecular flexibility index (Phi) is 26.9. The van der Waals surface area contributed by atoms with Gasteiger partial charge in [-0.15, -0.1) is 0 Å². The van der Waals surface area contributed by atoms with E-state index in [1.165, 1.54) is 146 Å². The molecule has 9 heteroatoms. The highest BCUT2D eigenvalue weighted by molar-refractivity contribution is 6.60. The molecule has 234 valence electrons. The molecule has 0 saturated carbocycles. The molecule has 7 nitrogen and oxygen atoms in total. The second-order valence-electron chi connectivity index (χ2n) is 11.3. The van der Waals surface area contributed by atoms with Gasteiger partial charge in [0.05, 0.1) is 32.2 Å². The quantitative estimate of drug-likeness (QED) is 0.0723. The topological polar surface area (TPSA) is 91.2 Å². The lowest BCUT2D eigenvalue weighted by Crippen LogP contribution is -2.53. The standard InChI is InChI=1S/C30H64NO3Si.BH2O3/c1-5-9-10-11-12-13-14-15-16-17-18-19-20-21-22-23-26-31(27-24-25-28-31)29-30-35(32-6-2,33-7-3)34-8-4;2-1(3)4/h5-30H2,1-4H3;2-3H/q+1;-1. The zero-order chi connectivity index (χ0) is 29.1. The van der Waals surface area contributed by atoms with Crippen LogP contribution in [0.15, 0.2) is 0 Å². The van der Waals surface area contributed by atoms with Gasteiger partial charge in [-0.1, -0.05) is 96.8 Å². The summed E-state index contributed by atoms with van der Waals surface area (Å²) in [6.07, 6.45) is 25.8. The van der Waals surface area contributed by atoms with Crippen LogP contribution < -0.4 is 5.02 Å². The van der Waals surface area contributed by atoms with Crippen LogP contribution in [0.25, 0.3) is 0 Å². The molecule has 0 aromatic carbocycles. The Morgan fingerprint density at radius 2 is 0.923 bits per heavy atom. The lowest BCUT2D eigenvalue weighted by Gasteiger charge is -2.37. The summed E-state index contributed by atoms with van der Waals surface area (Å²) in [5.74, 6) is 0. The van der Waals surface area contributed by atoms with E-state index in [1.807, 2.05) is 0 Å². The monoisotopic (exact) mass is 575 g/mol. The van der Waals surface area contributed by atoms with E-state index in [2.05, 4.69) is 27.7 Å². The molecule has 0 amide bonds. The van der Waals surface area contributed by atoms with Gasteiger partial charge < -0.3 is 32.8 Å². The maximum Gasteiger partial charge on any atom is 0.506 e. The van der Waals surface area contributed by atoms with E-state index >= 15 is 0 Å². The van der Waals surface area contributed by atoms with Crippen molar-refractivity contribution < 1.29 is 32.8 Å². The molecule has 0 atom stereocenters. The first-order valence-corrected chi connectivity index (χ1v) is 18.6. The fourth-order valence-corrected chi connectivity index (χ4v) is 8.69. The molecule has 0 unspecified atom stereocenters. The molecule has 39 heavy (non-hydrogen) atoms. The Morgan fingerprint density at radius 3 is 1.26 bits per heavy atom. The molecule has 1 heterocycles. The Balaban J connectivity index is 0.00000336. The summed E-state index contributed by atoms with van der Waals surface area (Å²) in [6, 6.07) is 0.974. The van der Waals surface area contributed by atoms with Crippen molar-refractivity contribution in [2.45, 2.75) is 149 Å². The van der Waals surface area contributed by atoms with Gasteiger partial charge in [-0.3, -0.25) is 0 Å². The van der Waals surface area contributed by atoms with Crippen LogP contribution in [0.3, 0.4) is 0 Å². The summed E-state index contributed by atoms with van der Waals surface area (Å²) < 4.78 is 19.7. The van der Waals surface area contributed by atoms with E-state index in [-0.39, 0.29) is 0 Å². The van der Waals surface area contributed by atoms with Gasteiger partial charge in [-0.05, 0) is 33.6 Å². The third-order valence-corrected chi connectivity index (χ3v) is 11.0. The van der Waals surface area contributed by atoms with Crippen molar-refractivity contribution in [3.63, 3.8) is 0 Å². The third-order valence-electron chi connectivity index (χ3n) is 7.99. The van der Waals surface area contributed by atoms with Crippen LogP contribution in [0.1, 0.15) is 143 Å². The van der Waals surface area contributed by atoms with Gasteiger partial charge in [-0.2, -0.15) is 0 Å². The average Bonchev–Trinajstić information content (AvgIpc) is 3.36. The minimum atomic E-state index is -2.52. The Bertz CT molecular complexity index is 492. The first-order chi connectivity index (χ1) is 18.9. The molecule has 0 spiro atoms. The van der Waals surface area contributed by atoms with E-state index in [1.54, 1.807) is 0 Å². The molecule has 0 aromatic heterocycles. The summed E-state index contributed by atoms with van der Waals surface area (Å²) in [4.78, 5) is 0. The highest BCUT2D eigenvalue weighted by Crippen LogP contribution is 2.26. The van der Waals surface area contributed by atoms with E-state index in [4.69, 9.17) is 28.4 Å². The number of hydrogen-bond donors (Lipinski definition) is 2. The van der Waals surface area contributed by atoms with Crippen molar-refractivity contribution >= 4 is 16.1 Å². The van der Waals surface area contributed by atoms with E-state index in [0.717, 1.165) is 6.04 Å². The molecule has 1 saturated heterocycles. The number of hydrogen-bond acceptors (Lipinski definition) is 6. The lowest BCUT2D eigenvalue weighted by molar-refractivity contribution is -0.915. The number of nitrogens with zero attached hydrogens (tertiary/aromatic N) is 1.